The molecule has 1 heterocycles. The average molecular weight is 288 g/mol. The number of nitrogens with zero attached hydrogens (tertiary/aromatic N) is 1. The predicted molar refractivity (Wildman–Crippen MR) is 72.6 cm³/mol. The van der Waals surface area contributed by atoms with Gasteiger partial charge in [0.1, 0.15) is 0 Å². The van der Waals surface area contributed by atoms with Crippen LogP contribution in [0.5, 0.6) is 0 Å². The Balaban J connectivity index is 2.26. The lowest BCUT2D eigenvalue weighted by molar-refractivity contribution is 0.00452. The molecule has 0 spiro atoms. The second-order valence-electron chi connectivity index (χ2n) is 4.34. The highest BCUT2D eigenvalue weighted by atomic mass is 35.5. The van der Waals surface area contributed by atoms with E-state index in [2.05, 4.69) is 0 Å². The molecule has 98 valence electrons. The van der Waals surface area contributed by atoms with Crippen LogP contribution in [0.2, 0.25) is 5.02 Å². The molecule has 18 heavy (non-hydrogen) atoms. The minimum absolute atomic E-state index is 0.0241. The number of morpholine rings is 1. The first-order valence-electron chi connectivity index (χ1n) is 5.84. The van der Waals surface area contributed by atoms with Crippen molar-refractivity contribution in [1.29, 1.82) is 0 Å². The topological polar surface area (TPSA) is 29.5 Å². The summed E-state index contributed by atoms with van der Waals surface area (Å²) in [6, 6.07) is 5.28. The van der Waals surface area contributed by atoms with E-state index in [0.29, 0.717) is 36.2 Å². The number of rotatable bonds is 2. The molecule has 1 aromatic carbocycles. The van der Waals surface area contributed by atoms with Gasteiger partial charge >= 0.3 is 0 Å². The molecule has 1 amide bonds. The quantitative estimate of drug-likeness (QED) is 0.783. The lowest BCUT2D eigenvalue weighted by Gasteiger charge is -2.34. The molecule has 2 rings (SSSR count). The number of benzene rings is 1. The molecule has 3 nitrogen and oxygen atoms in total. The molecule has 1 saturated heterocycles. The van der Waals surface area contributed by atoms with Crippen molar-refractivity contribution in [2.24, 2.45) is 0 Å². The Morgan fingerprint density at radius 1 is 1.56 bits per heavy atom. The number of ether oxygens (including phenoxy) is 1. The molecule has 0 radical (unpaired) electrons. The van der Waals surface area contributed by atoms with E-state index >= 15 is 0 Å². The Morgan fingerprint density at radius 3 is 3.06 bits per heavy atom. The smallest absolute Gasteiger partial charge is 0.254 e. The average Bonchev–Trinajstić information content (AvgIpc) is 2.40. The highest BCUT2D eigenvalue weighted by molar-refractivity contribution is 6.31. The number of amides is 1. The van der Waals surface area contributed by atoms with Crippen molar-refractivity contribution in [3.05, 3.63) is 34.3 Å². The Hall–Kier alpha value is -0.770. The lowest BCUT2D eigenvalue weighted by atomic mass is 10.1. The van der Waals surface area contributed by atoms with Crippen LogP contribution in [0, 0.1) is 6.92 Å². The van der Waals surface area contributed by atoms with Gasteiger partial charge in [0.15, 0.2) is 0 Å². The second-order valence-corrected chi connectivity index (χ2v) is 5.09. The minimum atomic E-state index is -0.0636. The van der Waals surface area contributed by atoms with Crippen LogP contribution >= 0.6 is 23.2 Å². The van der Waals surface area contributed by atoms with Gasteiger partial charge in [0.2, 0.25) is 0 Å². The fourth-order valence-corrected chi connectivity index (χ4v) is 2.46. The third-order valence-electron chi connectivity index (χ3n) is 3.10. The number of carbonyl (C=O) groups excluding carboxylic acids is 1. The molecule has 1 aromatic rings. The maximum absolute atomic E-state index is 12.5. The summed E-state index contributed by atoms with van der Waals surface area (Å²) in [7, 11) is 0. The van der Waals surface area contributed by atoms with Gasteiger partial charge in [0.25, 0.3) is 5.91 Å². The van der Waals surface area contributed by atoms with Crippen LogP contribution in [0.25, 0.3) is 0 Å². The fraction of sp³-hybridized carbons (Fsp3) is 0.462. The summed E-state index contributed by atoms with van der Waals surface area (Å²) in [5.74, 6) is 0.356. The molecule has 0 aliphatic carbocycles. The Labute approximate surface area is 117 Å². The summed E-state index contributed by atoms with van der Waals surface area (Å²) < 4.78 is 5.34. The molecule has 0 saturated carbocycles. The van der Waals surface area contributed by atoms with Crippen molar-refractivity contribution in [3.63, 3.8) is 0 Å². The Bertz CT molecular complexity index is 451. The first-order valence-corrected chi connectivity index (χ1v) is 6.75. The van der Waals surface area contributed by atoms with Gasteiger partial charge in [-0.15, -0.1) is 11.6 Å². The minimum Gasteiger partial charge on any atom is -0.377 e. The molecular formula is C13H15Cl2NO2. The van der Waals surface area contributed by atoms with Crippen LogP contribution in [-0.4, -0.2) is 42.5 Å². The molecule has 1 fully saturated rings. The van der Waals surface area contributed by atoms with Gasteiger partial charge in [0, 0.05) is 23.0 Å². The van der Waals surface area contributed by atoms with E-state index in [0.717, 1.165) is 5.56 Å². The van der Waals surface area contributed by atoms with Crippen LogP contribution in [0.4, 0.5) is 0 Å². The monoisotopic (exact) mass is 287 g/mol. The molecule has 0 bridgehead atoms. The summed E-state index contributed by atoms with van der Waals surface area (Å²) in [5, 5.41) is 0.569. The molecule has 0 aromatic heterocycles. The van der Waals surface area contributed by atoms with Crippen LogP contribution in [0.1, 0.15) is 15.9 Å². The van der Waals surface area contributed by atoms with Crippen molar-refractivity contribution >= 4 is 29.1 Å². The van der Waals surface area contributed by atoms with E-state index in [9.17, 15) is 4.79 Å². The van der Waals surface area contributed by atoms with E-state index in [1.54, 1.807) is 17.0 Å². The Morgan fingerprint density at radius 2 is 2.33 bits per heavy atom. The highest BCUT2D eigenvalue weighted by Crippen LogP contribution is 2.20. The highest BCUT2D eigenvalue weighted by Gasteiger charge is 2.28. The summed E-state index contributed by atoms with van der Waals surface area (Å²) in [6.45, 7) is 3.52. The van der Waals surface area contributed by atoms with Gasteiger partial charge < -0.3 is 9.64 Å². The summed E-state index contributed by atoms with van der Waals surface area (Å²) >= 11 is 11.8. The summed E-state index contributed by atoms with van der Waals surface area (Å²) in [4.78, 5) is 14.3. The van der Waals surface area contributed by atoms with Crippen molar-refractivity contribution in [1.82, 2.24) is 4.90 Å². The third kappa shape index (κ3) is 2.79. The van der Waals surface area contributed by atoms with Gasteiger partial charge in [-0.05, 0) is 24.6 Å². The van der Waals surface area contributed by atoms with Crippen molar-refractivity contribution < 1.29 is 9.53 Å². The van der Waals surface area contributed by atoms with Crippen LogP contribution in [-0.2, 0) is 4.74 Å². The molecule has 0 N–H and O–H groups in total. The first-order chi connectivity index (χ1) is 8.63. The summed E-state index contributed by atoms with van der Waals surface area (Å²) in [6.07, 6.45) is 0. The number of halogens is 2. The van der Waals surface area contributed by atoms with Gasteiger partial charge in [0.05, 0.1) is 19.3 Å². The van der Waals surface area contributed by atoms with Crippen LogP contribution in [0.15, 0.2) is 18.2 Å². The van der Waals surface area contributed by atoms with Crippen LogP contribution < -0.4 is 0 Å². The number of hydrogen-bond acceptors (Lipinski definition) is 2. The molecule has 1 aliphatic rings. The predicted octanol–water partition coefficient (Wildman–Crippen LogP) is 2.73. The van der Waals surface area contributed by atoms with Crippen molar-refractivity contribution in [3.8, 4) is 0 Å². The molecule has 1 unspecified atom stereocenters. The van der Waals surface area contributed by atoms with E-state index < -0.39 is 0 Å². The molecule has 1 aliphatic heterocycles. The van der Waals surface area contributed by atoms with Crippen LogP contribution in [0.3, 0.4) is 0 Å². The zero-order valence-corrected chi connectivity index (χ0v) is 11.7. The number of alkyl halides is 1. The lowest BCUT2D eigenvalue weighted by Crippen LogP contribution is -2.49. The van der Waals surface area contributed by atoms with Crippen molar-refractivity contribution in [2.45, 2.75) is 13.0 Å². The number of aryl methyl sites for hydroxylation is 1. The van der Waals surface area contributed by atoms with Crippen molar-refractivity contribution in [2.75, 3.05) is 25.6 Å². The van der Waals surface area contributed by atoms with Gasteiger partial charge in [-0.1, -0.05) is 17.7 Å². The SMILES string of the molecule is Cc1ccc(Cl)cc1C(=O)N1CCOCC1CCl. The maximum Gasteiger partial charge on any atom is 0.254 e. The van der Waals surface area contributed by atoms with E-state index in [-0.39, 0.29) is 11.9 Å². The van der Waals surface area contributed by atoms with Gasteiger partial charge in [-0.25, -0.2) is 0 Å². The zero-order valence-electron chi connectivity index (χ0n) is 10.2. The molecule has 1 atom stereocenters. The zero-order chi connectivity index (χ0) is 13.1. The van der Waals surface area contributed by atoms with Gasteiger partial charge in [-0.2, -0.15) is 0 Å². The fourth-order valence-electron chi connectivity index (χ4n) is 2.03. The first kappa shape index (κ1) is 13.7. The van der Waals surface area contributed by atoms with Gasteiger partial charge in [-0.3, -0.25) is 4.79 Å². The van der Waals surface area contributed by atoms with E-state index in [4.69, 9.17) is 27.9 Å². The summed E-state index contributed by atoms with van der Waals surface area (Å²) in [5.41, 5.74) is 1.56. The maximum atomic E-state index is 12.5. The van der Waals surface area contributed by atoms with E-state index in [1.807, 2.05) is 13.0 Å². The third-order valence-corrected chi connectivity index (χ3v) is 3.69. The number of hydrogen-bond donors (Lipinski definition) is 0. The Kier molecular flexibility index (Phi) is 4.49. The standard InChI is InChI=1S/C13H15Cl2NO2/c1-9-2-3-10(15)6-12(9)13(17)16-4-5-18-8-11(16)7-14/h2-3,6,11H,4-5,7-8H2,1H3. The molecule has 5 heteroatoms. The van der Waals surface area contributed by atoms with E-state index in [1.165, 1.54) is 0 Å². The normalized spacial score (nSPS) is 19.9. The second kappa shape index (κ2) is 5.91. The molecular weight excluding hydrogens is 273 g/mol. The largest absolute Gasteiger partial charge is 0.377 e. The number of carbonyl (C=O) groups is 1.